The van der Waals surface area contributed by atoms with E-state index in [4.69, 9.17) is 0 Å². The Bertz CT molecular complexity index is 445. The van der Waals surface area contributed by atoms with Gasteiger partial charge in [-0.3, -0.25) is 4.79 Å². The lowest BCUT2D eigenvalue weighted by molar-refractivity contribution is -0.119. The summed E-state index contributed by atoms with van der Waals surface area (Å²) in [5.41, 5.74) is -0.459. The minimum atomic E-state index is -1.31. The van der Waals surface area contributed by atoms with E-state index < -0.39 is 29.0 Å². The lowest BCUT2D eigenvalue weighted by atomic mass is 10.1. The molecule has 0 saturated carbocycles. The van der Waals surface area contributed by atoms with E-state index in [9.17, 15) is 18.0 Å². The Morgan fingerprint density at radius 2 is 2.12 bits per heavy atom. The molecule has 2 N–H and O–H groups in total. The van der Waals surface area contributed by atoms with Gasteiger partial charge in [0.15, 0.2) is 11.6 Å². The average molecular weight is 244 g/mol. The maximum Gasteiger partial charge on any atom is 0.228 e. The van der Waals surface area contributed by atoms with Gasteiger partial charge in [-0.1, -0.05) is 0 Å². The van der Waals surface area contributed by atoms with Crippen LogP contribution in [0.5, 0.6) is 0 Å². The third-order valence-electron chi connectivity index (χ3n) is 2.68. The van der Waals surface area contributed by atoms with E-state index in [1.54, 1.807) is 0 Å². The van der Waals surface area contributed by atoms with Crippen LogP contribution >= 0.6 is 0 Å². The summed E-state index contributed by atoms with van der Waals surface area (Å²) in [6, 6.07) is 1.20. The highest BCUT2D eigenvalue weighted by atomic mass is 19.2. The number of hydrogen-bond acceptors (Lipinski definition) is 2. The highest BCUT2D eigenvalue weighted by Gasteiger charge is 2.23. The Kier molecular flexibility index (Phi) is 3.33. The Hall–Kier alpha value is -1.56. The van der Waals surface area contributed by atoms with Crippen LogP contribution in [0.25, 0.3) is 0 Å². The standard InChI is InChI=1S/C11H11F3N2O/c12-7-3-8(13)10(14)9(4-7)16-11(17)6-1-2-15-5-6/h3-4,6,15H,1-2,5H2,(H,16,17). The molecule has 1 heterocycles. The fourth-order valence-corrected chi connectivity index (χ4v) is 1.76. The molecule has 1 fully saturated rings. The normalized spacial score (nSPS) is 19.4. The zero-order valence-corrected chi connectivity index (χ0v) is 8.90. The third kappa shape index (κ3) is 2.58. The largest absolute Gasteiger partial charge is 0.323 e. The van der Waals surface area contributed by atoms with Crippen LogP contribution in [0.2, 0.25) is 0 Å². The zero-order valence-electron chi connectivity index (χ0n) is 8.90. The van der Waals surface area contributed by atoms with E-state index in [2.05, 4.69) is 10.6 Å². The monoisotopic (exact) mass is 244 g/mol. The molecule has 1 amide bonds. The van der Waals surface area contributed by atoms with Gasteiger partial charge in [0.05, 0.1) is 11.6 Å². The first kappa shape index (κ1) is 11.9. The second kappa shape index (κ2) is 4.75. The molecule has 1 aromatic carbocycles. The van der Waals surface area contributed by atoms with Crippen molar-refractivity contribution in [3.63, 3.8) is 0 Å². The molecule has 1 aromatic rings. The van der Waals surface area contributed by atoms with Gasteiger partial charge in [0.25, 0.3) is 0 Å². The maximum atomic E-state index is 13.3. The number of anilines is 1. The van der Waals surface area contributed by atoms with Gasteiger partial charge in [0.1, 0.15) is 5.82 Å². The molecule has 1 atom stereocenters. The van der Waals surface area contributed by atoms with Crippen LogP contribution in [0.3, 0.4) is 0 Å². The lowest BCUT2D eigenvalue weighted by Crippen LogP contribution is -2.25. The van der Waals surface area contributed by atoms with Crippen molar-refractivity contribution in [3.05, 3.63) is 29.6 Å². The predicted molar refractivity (Wildman–Crippen MR) is 55.9 cm³/mol. The minimum Gasteiger partial charge on any atom is -0.323 e. The quantitative estimate of drug-likeness (QED) is 0.777. The van der Waals surface area contributed by atoms with Crippen LogP contribution < -0.4 is 10.6 Å². The van der Waals surface area contributed by atoms with Crippen LogP contribution in [0, 0.1) is 23.4 Å². The molecule has 1 aliphatic rings. The molecule has 3 nitrogen and oxygen atoms in total. The number of amides is 1. The van der Waals surface area contributed by atoms with Crippen LogP contribution in [0.4, 0.5) is 18.9 Å². The molecule has 0 radical (unpaired) electrons. The first-order chi connectivity index (χ1) is 8.08. The van der Waals surface area contributed by atoms with Gasteiger partial charge in [0, 0.05) is 18.7 Å². The summed E-state index contributed by atoms with van der Waals surface area (Å²) in [4.78, 5) is 11.6. The molecule has 0 spiro atoms. The van der Waals surface area contributed by atoms with Crippen LogP contribution in [-0.4, -0.2) is 19.0 Å². The number of carbonyl (C=O) groups excluding carboxylic acids is 1. The fourth-order valence-electron chi connectivity index (χ4n) is 1.76. The van der Waals surface area contributed by atoms with Crippen molar-refractivity contribution in [2.45, 2.75) is 6.42 Å². The minimum absolute atomic E-state index is 0.291. The van der Waals surface area contributed by atoms with Crippen molar-refractivity contribution < 1.29 is 18.0 Å². The summed E-state index contributed by atoms with van der Waals surface area (Å²) < 4.78 is 39.0. The van der Waals surface area contributed by atoms with Crippen molar-refractivity contribution in [3.8, 4) is 0 Å². The second-order valence-corrected chi connectivity index (χ2v) is 3.93. The van der Waals surface area contributed by atoms with Crippen molar-refractivity contribution in [2.24, 2.45) is 5.92 Å². The topological polar surface area (TPSA) is 41.1 Å². The van der Waals surface area contributed by atoms with Crippen molar-refractivity contribution in [2.75, 3.05) is 18.4 Å². The molecule has 92 valence electrons. The van der Waals surface area contributed by atoms with Gasteiger partial charge in [0.2, 0.25) is 5.91 Å². The molecule has 17 heavy (non-hydrogen) atoms. The van der Waals surface area contributed by atoms with Gasteiger partial charge in [-0.05, 0) is 13.0 Å². The molecule has 6 heteroatoms. The van der Waals surface area contributed by atoms with Crippen LogP contribution in [0.1, 0.15) is 6.42 Å². The number of nitrogens with one attached hydrogen (secondary N) is 2. The van der Waals surface area contributed by atoms with Crippen molar-refractivity contribution in [1.82, 2.24) is 5.32 Å². The van der Waals surface area contributed by atoms with Gasteiger partial charge in [-0.15, -0.1) is 0 Å². The molecule has 1 aliphatic heterocycles. The van der Waals surface area contributed by atoms with Crippen molar-refractivity contribution in [1.29, 1.82) is 0 Å². The van der Waals surface area contributed by atoms with E-state index in [0.29, 0.717) is 25.6 Å². The Balaban J connectivity index is 2.15. The molecule has 1 unspecified atom stereocenters. The zero-order chi connectivity index (χ0) is 12.4. The summed E-state index contributed by atoms with van der Waals surface area (Å²) in [5.74, 6) is -4.21. The molecule has 1 saturated heterocycles. The number of hydrogen-bond donors (Lipinski definition) is 2. The highest BCUT2D eigenvalue weighted by molar-refractivity contribution is 5.93. The SMILES string of the molecule is O=C(Nc1cc(F)cc(F)c1F)C1CCNC1. The average Bonchev–Trinajstić information content (AvgIpc) is 2.78. The van der Waals surface area contributed by atoms with Crippen LogP contribution in [-0.2, 0) is 4.79 Å². The fraction of sp³-hybridized carbons (Fsp3) is 0.364. The Morgan fingerprint density at radius 3 is 2.76 bits per heavy atom. The predicted octanol–water partition coefficient (Wildman–Crippen LogP) is 1.65. The first-order valence-corrected chi connectivity index (χ1v) is 5.24. The van der Waals surface area contributed by atoms with E-state index in [0.717, 1.165) is 6.07 Å². The molecular weight excluding hydrogens is 233 g/mol. The summed E-state index contributed by atoms with van der Waals surface area (Å²) in [7, 11) is 0. The summed E-state index contributed by atoms with van der Waals surface area (Å²) in [6.07, 6.45) is 0.630. The molecule has 0 aromatic heterocycles. The molecule has 2 rings (SSSR count). The lowest BCUT2D eigenvalue weighted by Gasteiger charge is -2.10. The maximum absolute atomic E-state index is 13.3. The molecular formula is C11H11F3N2O. The second-order valence-electron chi connectivity index (χ2n) is 3.93. The van der Waals surface area contributed by atoms with Crippen LogP contribution in [0.15, 0.2) is 12.1 Å². The van der Waals surface area contributed by atoms with Gasteiger partial charge in [-0.2, -0.15) is 0 Å². The third-order valence-corrected chi connectivity index (χ3v) is 2.68. The Labute approximate surface area is 96.0 Å². The summed E-state index contributed by atoms with van der Waals surface area (Å²) in [5, 5.41) is 5.17. The van der Waals surface area contributed by atoms with E-state index in [-0.39, 0.29) is 5.92 Å². The summed E-state index contributed by atoms with van der Waals surface area (Å²) >= 11 is 0. The highest BCUT2D eigenvalue weighted by Crippen LogP contribution is 2.20. The number of benzene rings is 1. The van der Waals surface area contributed by atoms with Gasteiger partial charge >= 0.3 is 0 Å². The molecule has 0 aliphatic carbocycles. The van der Waals surface area contributed by atoms with E-state index in [1.807, 2.05) is 0 Å². The van der Waals surface area contributed by atoms with E-state index >= 15 is 0 Å². The number of halogens is 3. The Morgan fingerprint density at radius 1 is 1.35 bits per heavy atom. The van der Waals surface area contributed by atoms with E-state index in [1.165, 1.54) is 0 Å². The van der Waals surface area contributed by atoms with Gasteiger partial charge in [-0.25, -0.2) is 13.2 Å². The summed E-state index contributed by atoms with van der Waals surface area (Å²) in [6.45, 7) is 1.20. The first-order valence-electron chi connectivity index (χ1n) is 5.24. The number of carbonyl (C=O) groups is 1. The smallest absolute Gasteiger partial charge is 0.228 e. The van der Waals surface area contributed by atoms with Crippen molar-refractivity contribution >= 4 is 11.6 Å². The number of rotatable bonds is 2. The molecule has 0 bridgehead atoms. The van der Waals surface area contributed by atoms with Gasteiger partial charge < -0.3 is 10.6 Å².